The summed E-state index contributed by atoms with van der Waals surface area (Å²) in [7, 11) is 3.55. The number of carbonyl (C=O) groups excluding carboxylic acids is 2. The summed E-state index contributed by atoms with van der Waals surface area (Å²) in [5.41, 5.74) is 10.9. The lowest BCUT2D eigenvalue weighted by atomic mass is 9.61. The van der Waals surface area contributed by atoms with E-state index in [9.17, 15) is 9.59 Å². The van der Waals surface area contributed by atoms with Crippen molar-refractivity contribution in [1.82, 2.24) is 30.6 Å². The Kier molecular flexibility index (Phi) is 10.5. The normalized spacial score (nSPS) is 23.5. The van der Waals surface area contributed by atoms with Crippen LogP contribution in [-0.4, -0.2) is 85.2 Å². The Balaban J connectivity index is 1.30. The van der Waals surface area contributed by atoms with Crippen LogP contribution >= 0.6 is 0 Å². The van der Waals surface area contributed by atoms with Gasteiger partial charge in [0.15, 0.2) is 0 Å². The van der Waals surface area contributed by atoms with Crippen molar-refractivity contribution in [2.24, 2.45) is 5.41 Å². The van der Waals surface area contributed by atoms with Crippen LogP contribution in [0.1, 0.15) is 70.2 Å². The molecule has 7 rings (SSSR count). The molecule has 4 heterocycles. The van der Waals surface area contributed by atoms with Gasteiger partial charge in [0.2, 0.25) is 5.91 Å². The molecule has 282 valence electrons. The number of carbonyl (C=O) groups is 2. The number of ether oxygens (including phenoxy) is 3. The van der Waals surface area contributed by atoms with Gasteiger partial charge in [-0.1, -0.05) is 44.2 Å². The predicted molar refractivity (Wildman–Crippen MR) is 206 cm³/mol. The summed E-state index contributed by atoms with van der Waals surface area (Å²) < 4.78 is 20.3. The van der Waals surface area contributed by atoms with Crippen LogP contribution in [0, 0.1) is 5.41 Å². The lowest BCUT2D eigenvalue weighted by molar-refractivity contribution is -0.140. The van der Waals surface area contributed by atoms with E-state index in [2.05, 4.69) is 84.7 Å². The van der Waals surface area contributed by atoms with E-state index >= 15 is 0 Å². The average Bonchev–Trinajstić information content (AvgIpc) is 3.75. The number of methoxy groups -OCH3 is 2. The summed E-state index contributed by atoms with van der Waals surface area (Å²) in [5.74, 6) is -0.442. The zero-order chi connectivity index (χ0) is 37.5. The first-order valence-electron chi connectivity index (χ1n) is 19.0. The number of hydrazine groups is 1. The van der Waals surface area contributed by atoms with Crippen molar-refractivity contribution in [2.75, 3.05) is 40.6 Å². The lowest BCUT2D eigenvalue weighted by Gasteiger charge is -2.48. The molecule has 5 atom stereocenters. The van der Waals surface area contributed by atoms with Crippen LogP contribution in [0.25, 0.3) is 33.3 Å². The molecule has 11 nitrogen and oxygen atoms in total. The second-order valence-corrected chi connectivity index (χ2v) is 15.6. The summed E-state index contributed by atoms with van der Waals surface area (Å²) in [4.78, 5) is 32.3. The van der Waals surface area contributed by atoms with Crippen molar-refractivity contribution in [3.63, 3.8) is 0 Å². The number of aromatic nitrogens is 2. The third kappa shape index (κ3) is 6.67. The highest BCUT2D eigenvalue weighted by atomic mass is 16.5. The zero-order valence-electron chi connectivity index (χ0n) is 32.1. The molecule has 1 unspecified atom stereocenters. The summed E-state index contributed by atoms with van der Waals surface area (Å²) >= 11 is 0. The van der Waals surface area contributed by atoms with E-state index in [-0.39, 0.29) is 29.3 Å². The molecule has 3 N–H and O–H groups in total. The number of hydrogen-bond donors (Lipinski definition) is 3. The number of aryl methyl sites for hydroxylation is 1. The number of hydrogen-bond acceptors (Lipinski definition) is 8. The van der Waals surface area contributed by atoms with Crippen LogP contribution < -0.4 is 16.1 Å². The van der Waals surface area contributed by atoms with E-state index in [1.54, 1.807) is 19.2 Å². The Morgan fingerprint density at radius 2 is 1.92 bits per heavy atom. The molecule has 1 aliphatic carbocycles. The molecule has 3 aliphatic rings. The number of fused-ring (bicyclic) bond motifs is 5. The maximum Gasteiger partial charge on any atom is 0.259 e. The summed E-state index contributed by atoms with van der Waals surface area (Å²) in [6.07, 6.45) is 3.86. The predicted octanol–water partition coefficient (Wildman–Crippen LogP) is 5.51. The number of rotatable bonds is 11. The van der Waals surface area contributed by atoms with E-state index < -0.39 is 17.7 Å². The van der Waals surface area contributed by atoms with Gasteiger partial charge in [-0.15, -0.1) is 0 Å². The van der Waals surface area contributed by atoms with Crippen LogP contribution in [0.5, 0.6) is 0 Å². The van der Waals surface area contributed by atoms with Crippen molar-refractivity contribution in [1.29, 1.82) is 0 Å². The molecule has 0 bridgehead atoms. The SMILES string of the molecule is CCn1c2c(c3cc(-c4cccc(C[C@H](NC(=O)[C@H]5NCO[C@@H]5C)C(=O)N5CCCCN5)c4)ccc31)C(C(C)(C)COC)[C@@](C)(OC)c1ncccc1-2. The molecule has 2 amide bonds. The average molecular weight is 723 g/mol. The summed E-state index contributed by atoms with van der Waals surface area (Å²) in [5, 5.41) is 9.01. The van der Waals surface area contributed by atoms with Gasteiger partial charge >= 0.3 is 0 Å². The minimum absolute atomic E-state index is 0.0736. The van der Waals surface area contributed by atoms with Crippen molar-refractivity contribution in [3.05, 3.63) is 77.6 Å². The third-order valence-electron chi connectivity index (χ3n) is 11.6. The minimum Gasteiger partial charge on any atom is -0.384 e. The minimum atomic E-state index is -0.741. The first-order valence-corrected chi connectivity index (χ1v) is 19.0. The van der Waals surface area contributed by atoms with Gasteiger partial charge < -0.3 is 24.1 Å². The maximum absolute atomic E-state index is 13.9. The van der Waals surface area contributed by atoms with Crippen LogP contribution in [0.4, 0.5) is 0 Å². The highest BCUT2D eigenvalue weighted by Gasteiger charge is 2.53. The Morgan fingerprint density at radius 1 is 1.11 bits per heavy atom. The topological polar surface area (TPSA) is 119 Å². The number of pyridine rings is 1. The van der Waals surface area contributed by atoms with Gasteiger partial charge in [0, 0.05) is 68.9 Å². The van der Waals surface area contributed by atoms with Crippen molar-refractivity contribution in [3.8, 4) is 22.4 Å². The van der Waals surface area contributed by atoms with Gasteiger partial charge in [-0.3, -0.25) is 24.9 Å². The largest absolute Gasteiger partial charge is 0.384 e. The zero-order valence-corrected chi connectivity index (χ0v) is 32.1. The molecule has 0 spiro atoms. The van der Waals surface area contributed by atoms with Gasteiger partial charge in [-0.05, 0) is 85.5 Å². The fraction of sp³-hybridized carbons (Fsp3) is 0.500. The van der Waals surface area contributed by atoms with Crippen LogP contribution in [0.15, 0.2) is 60.8 Å². The Labute approximate surface area is 312 Å². The van der Waals surface area contributed by atoms with Gasteiger partial charge in [0.1, 0.15) is 17.7 Å². The van der Waals surface area contributed by atoms with E-state index in [1.807, 2.05) is 31.3 Å². The molecule has 2 fully saturated rings. The molecule has 53 heavy (non-hydrogen) atoms. The number of nitrogens with zero attached hydrogens (tertiary/aromatic N) is 3. The molecule has 0 radical (unpaired) electrons. The quantitative estimate of drug-likeness (QED) is 0.186. The summed E-state index contributed by atoms with van der Waals surface area (Å²) in [6, 6.07) is 18.0. The van der Waals surface area contributed by atoms with Crippen molar-refractivity contribution in [2.45, 2.75) is 90.1 Å². The van der Waals surface area contributed by atoms with Gasteiger partial charge in [-0.2, -0.15) is 0 Å². The second kappa shape index (κ2) is 14.9. The molecular formula is C42H54N6O5. The Bertz CT molecular complexity index is 1990. The van der Waals surface area contributed by atoms with Crippen LogP contribution in [0.2, 0.25) is 0 Å². The van der Waals surface area contributed by atoms with E-state index in [1.165, 1.54) is 16.6 Å². The summed E-state index contributed by atoms with van der Waals surface area (Å²) in [6.45, 7) is 13.7. The molecule has 0 saturated carbocycles. The van der Waals surface area contributed by atoms with Crippen LogP contribution in [-0.2, 0) is 42.4 Å². The molecule has 2 aromatic heterocycles. The first kappa shape index (κ1) is 37.2. The fourth-order valence-electron chi connectivity index (χ4n) is 9.16. The van der Waals surface area contributed by atoms with Crippen molar-refractivity contribution >= 4 is 22.7 Å². The van der Waals surface area contributed by atoms with E-state index in [0.29, 0.717) is 26.3 Å². The standard InChI is InChI=1S/C42H54N6O5/c1-8-47-33-17-16-29(23-31(33)34-36(47)30-15-12-18-43-38(30)42(5,52-7)37(34)41(3,4)24-51-6)28-14-11-13-27(21-28)22-32(40(50)48-20-10-9-19-45-48)46-39(49)35-26(2)53-25-44-35/h11-18,21,23,26,32,35,37,44-45H,8-10,19-20,22,24-25H2,1-7H3,(H,46,49)/t26-,32+,35+,37?,42-/m1/s1. The van der Waals surface area contributed by atoms with Gasteiger partial charge in [0.05, 0.1) is 30.8 Å². The van der Waals surface area contributed by atoms with Gasteiger partial charge in [-0.25, -0.2) is 5.43 Å². The third-order valence-corrected chi connectivity index (χ3v) is 11.6. The first-order chi connectivity index (χ1) is 25.5. The number of nitrogens with one attached hydrogen (secondary N) is 3. The molecular weight excluding hydrogens is 668 g/mol. The lowest BCUT2D eigenvalue weighted by Crippen LogP contribution is -2.58. The Morgan fingerprint density at radius 3 is 2.62 bits per heavy atom. The number of benzene rings is 2. The highest BCUT2D eigenvalue weighted by molar-refractivity contribution is 5.97. The molecule has 2 aliphatic heterocycles. The van der Waals surface area contributed by atoms with Gasteiger partial charge in [0.25, 0.3) is 5.91 Å². The number of amides is 2. The molecule has 11 heteroatoms. The Hall–Kier alpha value is -4.13. The van der Waals surface area contributed by atoms with E-state index in [0.717, 1.165) is 59.4 Å². The monoisotopic (exact) mass is 722 g/mol. The molecule has 2 aromatic carbocycles. The molecule has 2 saturated heterocycles. The highest BCUT2D eigenvalue weighted by Crippen LogP contribution is 2.59. The van der Waals surface area contributed by atoms with Crippen LogP contribution in [0.3, 0.4) is 0 Å². The smallest absolute Gasteiger partial charge is 0.259 e. The fourth-order valence-corrected chi connectivity index (χ4v) is 9.16. The van der Waals surface area contributed by atoms with E-state index in [4.69, 9.17) is 19.2 Å². The maximum atomic E-state index is 13.9. The molecule has 4 aromatic rings. The second-order valence-electron chi connectivity index (χ2n) is 15.6. The van der Waals surface area contributed by atoms with Crippen molar-refractivity contribution < 1.29 is 23.8 Å².